The third-order valence-electron chi connectivity index (χ3n) is 16.5. The summed E-state index contributed by atoms with van der Waals surface area (Å²) in [5, 5.41) is 29.4. The summed E-state index contributed by atoms with van der Waals surface area (Å²) in [6.07, 6.45) is 14.5. The van der Waals surface area contributed by atoms with Crippen molar-refractivity contribution in [1.29, 1.82) is 0 Å². The number of Topliss-reactive ketones (excluding diaryl/α,β-unsaturated/α-hetero) is 3. The van der Waals surface area contributed by atoms with Crippen molar-refractivity contribution in [2.24, 2.45) is 5.92 Å². The fourth-order valence-corrected chi connectivity index (χ4v) is 11.8. The number of H-pyrrole nitrogens is 1. The minimum absolute atomic E-state index is 0.0835. The van der Waals surface area contributed by atoms with Crippen molar-refractivity contribution in [2.45, 2.75) is 205 Å². The van der Waals surface area contributed by atoms with Gasteiger partial charge in [0.05, 0.1) is 41.0 Å². The van der Waals surface area contributed by atoms with Crippen LogP contribution in [0.1, 0.15) is 189 Å². The van der Waals surface area contributed by atoms with E-state index in [1.165, 1.54) is 11.9 Å². The summed E-state index contributed by atoms with van der Waals surface area (Å²) in [6.45, 7) is 12.8. The van der Waals surface area contributed by atoms with Gasteiger partial charge in [0.1, 0.15) is 42.0 Å². The number of hydrogen-bond acceptors (Lipinski definition) is 15. The molecule has 2 unspecified atom stereocenters. The van der Waals surface area contributed by atoms with E-state index in [1.807, 2.05) is 0 Å². The summed E-state index contributed by atoms with van der Waals surface area (Å²) in [5.41, 5.74) is 5.75. The maximum absolute atomic E-state index is 13.4. The average Bonchev–Trinajstić information content (AvgIpc) is 4.20. The highest BCUT2D eigenvalue weighted by Crippen LogP contribution is 2.39. The summed E-state index contributed by atoms with van der Waals surface area (Å²) < 4.78 is 8.14. The number of benzene rings is 2. The summed E-state index contributed by atoms with van der Waals surface area (Å²) in [5.74, 6) is 1.05. The lowest BCUT2D eigenvalue weighted by molar-refractivity contribution is -0.132. The number of carbonyl (C=O) groups is 5. The van der Waals surface area contributed by atoms with Crippen molar-refractivity contribution in [3.8, 4) is 0 Å². The Balaban J connectivity index is 0.624. The average molecular weight is 1060 g/mol. The molecule has 2 amide bonds. The van der Waals surface area contributed by atoms with Gasteiger partial charge in [-0.1, -0.05) is 71.4 Å². The topological polar surface area (TPSA) is 238 Å². The van der Waals surface area contributed by atoms with Gasteiger partial charge < -0.3 is 30.6 Å². The largest absolute Gasteiger partial charge is 0.387 e. The number of rotatable bonds is 27. The molecule has 2 aliphatic heterocycles. The maximum Gasteiger partial charge on any atom is 0.264 e. The van der Waals surface area contributed by atoms with Crippen molar-refractivity contribution in [3.05, 3.63) is 71.6 Å². The lowest BCUT2D eigenvalue weighted by Gasteiger charge is -2.46. The van der Waals surface area contributed by atoms with Gasteiger partial charge in [-0.15, -0.1) is 0 Å². The van der Waals surface area contributed by atoms with Gasteiger partial charge in [-0.25, -0.2) is 19.9 Å². The second-order valence-corrected chi connectivity index (χ2v) is 23.5. The predicted octanol–water partition coefficient (Wildman–Crippen LogP) is 8.80. The number of nitrogens with zero attached hydrogens (tertiary/aromatic N) is 7. The molecule has 1 saturated heterocycles. The fourth-order valence-electron chi connectivity index (χ4n) is 11.8. The molecule has 3 aromatic heterocycles. The number of carbonyl (C=O) groups excluding carboxylic acids is 5. The number of aliphatic hydroxyl groups is 2. The number of nitrogens with one attached hydrogen (secondary N) is 3. The third-order valence-corrected chi connectivity index (χ3v) is 16.5. The molecule has 3 fully saturated rings. The van der Waals surface area contributed by atoms with Gasteiger partial charge >= 0.3 is 0 Å². The molecule has 9 rings (SSSR count). The Bertz CT molecular complexity index is 2900. The molecule has 77 heavy (non-hydrogen) atoms. The highest BCUT2D eigenvalue weighted by atomic mass is 16.6. The Morgan fingerprint density at radius 1 is 0.870 bits per heavy atom. The van der Waals surface area contributed by atoms with E-state index >= 15 is 0 Å². The van der Waals surface area contributed by atoms with E-state index in [0.717, 1.165) is 112 Å². The number of unbranched alkanes of at least 4 members (excludes halogenated alkanes) is 8. The number of aromatic amines is 1. The van der Waals surface area contributed by atoms with Gasteiger partial charge in [-0.3, -0.25) is 38.3 Å². The van der Waals surface area contributed by atoms with Gasteiger partial charge in [0.2, 0.25) is 0 Å². The normalized spacial score (nSPS) is 22.8. The number of imidazole rings is 2. The fraction of sp³-hybridized carbons (Fsp3) is 0.610. The first-order valence-corrected chi connectivity index (χ1v) is 28.5. The number of anilines is 2. The highest BCUT2D eigenvalue weighted by molar-refractivity contribution is 6.25. The van der Waals surface area contributed by atoms with Crippen LogP contribution in [0.5, 0.6) is 0 Å². The van der Waals surface area contributed by atoms with Crippen LogP contribution in [-0.4, -0.2) is 135 Å². The van der Waals surface area contributed by atoms with Crippen LogP contribution in [-0.2, 0) is 31.0 Å². The van der Waals surface area contributed by atoms with E-state index in [1.54, 1.807) is 29.1 Å². The molecule has 0 radical (unpaired) electrons. The van der Waals surface area contributed by atoms with E-state index in [-0.39, 0.29) is 42.3 Å². The number of aliphatic hydroxyl groups excluding tert-OH is 2. The molecular weight excluding hydrogens is 977 g/mol. The molecule has 0 bridgehead atoms. The van der Waals surface area contributed by atoms with Crippen LogP contribution in [0.2, 0.25) is 0 Å². The Morgan fingerprint density at radius 2 is 1.58 bits per heavy atom. The zero-order valence-electron chi connectivity index (χ0n) is 45.8. The van der Waals surface area contributed by atoms with Gasteiger partial charge in [0.25, 0.3) is 11.8 Å². The van der Waals surface area contributed by atoms with Gasteiger partial charge in [0.15, 0.2) is 29.0 Å². The first-order chi connectivity index (χ1) is 37.0. The van der Waals surface area contributed by atoms with Crippen molar-refractivity contribution >= 4 is 62.9 Å². The van der Waals surface area contributed by atoms with Crippen molar-refractivity contribution in [1.82, 2.24) is 39.3 Å². The lowest BCUT2D eigenvalue weighted by Crippen LogP contribution is -2.52. The number of fused-ring (bicyclic) bond motifs is 3. The molecule has 2 saturated carbocycles. The number of aromatic nitrogens is 6. The molecule has 2 aromatic carbocycles. The first kappa shape index (κ1) is 55.8. The zero-order chi connectivity index (χ0) is 54.4. The minimum atomic E-state index is -1.16. The van der Waals surface area contributed by atoms with Gasteiger partial charge in [-0.2, -0.15) is 0 Å². The second-order valence-electron chi connectivity index (χ2n) is 23.5. The molecule has 5 aromatic rings. The molecule has 18 heteroatoms. The molecule has 18 nitrogen and oxygen atoms in total. The van der Waals surface area contributed by atoms with Crippen molar-refractivity contribution in [2.75, 3.05) is 30.3 Å². The van der Waals surface area contributed by atoms with Gasteiger partial charge in [-0.05, 0) is 106 Å². The van der Waals surface area contributed by atoms with E-state index in [2.05, 4.69) is 88.3 Å². The van der Waals surface area contributed by atoms with Crippen LogP contribution in [0.4, 0.5) is 11.5 Å². The molecule has 5 N–H and O–H groups in total. The van der Waals surface area contributed by atoms with Gasteiger partial charge in [0, 0.05) is 63.1 Å². The van der Waals surface area contributed by atoms with E-state index in [9.17, 15) is 34.2 Å². The van der Waals surface area contributed by atoms with E-state index in [4.69, 9.17) is 9.72 Å². The van der Waals surface area contributed by atoms with Crippen LogP contribution in [0.3, 0.4) is 0 Å². The molecular formula is C59H80N10O8. The predicted molar refractivity (Wildman–Crippen MR) is 295 cm³/mol. The maximum atomic E-state index is 13.4. The van der Waals surface area contributed by atoms with Crippen LogP contribution in [0.15, 0.2) is 49.1 Å². The molecule has 0 spiro atoms. The summed E-state index contributed by atoms with van der Waals surface area (Å²) in [6, 6.07) is 11.4. The highest BCUT2D eigenvalue weighted by Gasteiger charge is 2.48. The molecule has 2 aliphatic carbocycles. The Labute approximate surface area is 451 Å². The Hall–Kier alpha value is -5.95. The Kier molecular flexibility index (Phi) is 18.0. The minimum Gasteiger partial charge on any atom is -0.387 e. The first-order valence-electron chi connectivity index (χ1n) is 28.5. The molecule has 5 heterocycles. The van der Waals surface area contributed by atoms with Crippen molar-refractivity contribution in [3.63, 3.8) is 0 Å². The number of hydrogen-bond donors (Lipinski definition) is 5. The van der Waals surface area contributed by atoms with Crippen LogP contribution < -0.4 is 10.6 Å². The summed E-state index contributed by atoms with van der Waals surface area (Å²) >= 11 is 0. The number of ether oxygens (including phenoxy) is 1. The number of amides is 2. The quantitative estimate of drug-likeness (QED) is 0.0188. The SMILES string of the molecule is CC(C)N(C[C@H]1O[C@@H](n2cnc3c(NCCCCCC(=O)CCCCCCCCCNc4cccc5c4C(=O)N(C4CCC(=O)CC4=O)C5=O)ncnc32)[C@@H](O)C1O)C1CC(CCc2nc3ccc(C(C)(C)C)cc3[nH]2)C1. The van der Waals surface area contributed by atoms with Crippen LogP contribution in [0.25, 0.3) is 22.2 Å². The number of aryl methyl sites for hydroxylation is 1. The standard InChI is InChI=1S/C59H80N10O8/c1-36(2)67(39-29-37(30-39)21-26-49-65-43-24-22-38(59(3,4)5)31-45(43)66-49)33-48-52(73)53(74)58(77-48)68-35-64-51-54(62-34-63-55(51)68)61-28-15-11-13-18-40(70)17-12-9-7-6-8-10-14-27-60-44-20-16-19-42-50(44)57(76)69(56(42)75)46-25-23-41(71)32-47(46)72/h16,19-20,22,24,31,34-37,39,46,48,52-53,58,60,73-74H,6-15,17-18,21,23,25-30,32-33H2,1-5H3,(H,65,66)(H,61,62,63)/t37?,39?,46?,48-,52?,53+,58-/m1/s1. The number of ketones is 3. The number of imide groups is 1. The second kappa shape index (κ2) is 24.8. The zero-order valence-corrected chi connectivity index (χ0v) is 45.8. The van der Waals surface area contributed by atoms with Crippen molar-refractivity contribution < 1.29 is 38.9 Å². The smallest absolute Gasteiger partial charge is 0.264 e. The molecule has 4 aliphatic rings. The Morgan fingerprint density at radius 3 is 2.31 bits per heavy atom. The summed E-state index contributed by atoms with van der Waals surface area (Å²) in [7, 11) is 0. The molecule has 5 atom stereocenters. The lowest BCUT2D eigenvalue weighted by atomic mass is 9.76. The van der Waals surface area contributed by atoms with Crippen LogP contribution in [0, 0.1) is 5.92 Å². The van der Waals surface area contributed by atoms with E-state index < -0.39 is 42.4 Å². The van der Waals surface area contributed by atoms with Crippen LogP contribution >= 0.6 is 0 Å². The van der Waals surface area contributed by atoms with E-state index in [0.29, 0.717) is 84.0 Å². The molecule has 414 valence electrons. The third kappa shape index (κ3) is 13.0. The monoisotopic (exact) mass is 1060 g/mol. The summed E-state index contributed by atoms with van der Waals surface area (Å²) in [4.78, 5) is 88.9.